The number of nitro groups is 3. The van der Waals surface area contributed by atoms with E-state index < -0.39 is 62.4 Å². The number of likely N-dealkylation sites (tertiary alicyclic amines) is 2. The van der Waals surface area contributed by atoms with Crippen molar-refractivity contribution in [1.82, 2.24) is 20.4 Å². The van der Waals surface area contributed by atoms with E-state index in [2.05, 4.69) is 28.3 Å². The first kappa shape index (κ1) is 47.6. The molecule has 0 unspecified atom stereocenters. The number of alkyl carbamates (subject to hydrolysis) is 1. The van der Waals surface area contributed by atoms with Crippen molar-refractivity contribution in [2.75, 3.05) is 26.2 Å². The summed E-state index contributed by atoms with van der Waals surface area (Å²) >= 11 is 4.49. The number of ether oxygens (including phenoxy) is 3. The van der Waals surface area contributed by atoms with Gasteiger partial charge in [0.25, 0.3) is 23.0 Å². The van der Waals surface area contributed by atoms with Crippen molar-refractivity contribution in [3.8, 4) is 0 Å². The van der Waals surface area contributed by atoms with E-state index in [1.165, 1.54) is 82.6 Å². The maximum absolute atomic E-state index is 13.9. The highest BCUT2D eigenvalue weighted by molar-refractivity contribution is 7.81. The van der Waals surface area contributed by atoms with E-state index in [0.717, 1.165) is 0 Å². The van der Waals surface area contributed by atoms with Crippen LogP contribution < -0.4 is 22.1 Å². The molecule has 0 saturated carbocycles. The van der Waals surface area contributed by atoms with Crippen molar-refractivity contribution in [2.24, 2.45) is 16.5 Å². The lowest BCUT2D eigenvalue weighted by Gasteiger charge is -2.29. The molecule has 2 heterocycles. The zero-order chi connectivity index (χ0) is 46.6. The van der Waals surface area contributed by atoms with Crippen molar-refractivity contribution < 1.29 is 53.0 Å². The summed E-state index contributed by atoms with van der Waals surface area (Å²) in [6.07, 6.45) is -1.64. The maximum Gasteiger partial charge on any atom is 0.414 e. The molecule has 2 fully saturated rings. The van der Waals surface area contributed by atoms with E-state index in [9.17, 15) is 54.3 Å². The Morgan fingerprint density at radius 3 is 1.80 bits per heavy atom. The van der Waals surface area contributed by atoms with E-state index in [1.54, 1.807) is 0 Å². The van der Waals surface area contributed by atoms with Gasteiger partial charge in [-0.15, -0.1) is 0 Å². The maximum atomic E-state index is 13.9. The van der Waals surface area contributed by atoms with Crippen molar-refractivity contribution in [2.45, 2.75) is 68.4 Å². The van der Waals surface area contributed by atoms with Crippen LogP contribution in [0.2, 0.25) is 0 Å². The van der Waals surface area contributed by atoms with Gasteiger partial charge in [-0.2, -0.15) is 12.6 Å². The number of carbonyl (C=O) groups excluding carboxylic acids is 5. The lowest BCUT2D eigenvalue weighted by Crippen LogP contribution is -2.62. The minimum Gasteiger partial charge on any atom is -0.459 e. The van der Waals surface area contributed by atoms with E-state index in [1.807, 2.05) is 0 Å². The second-order valence-electron chi connectivity index (χ2n) is 14.7. The molecule has 25 heteroatoms. The number of thiol groups is 1. The lowest BCUT2D eigenvalue weighted by atomic mass is 9.92. The number of rotatable bonds is 17. The number of benzene rings is 3. The zero-order valence-corrected chi connectivity index (χ0v) is 34.8. The van der Waals surface area contributed by atoms with Crippen LogP contribution >= 0.6 is 12.6 Å². The van der Waals surface area contributed by atoms with Crippen molar-refractivity contribution >= 4 is 65.6 Å². The quantitative estimate of drug-likeness (QED) is 0.0150. The molecule has 0 bridgehead atoms. The topological polar surface area (TPSA) is 337 Å². The largest absolute Gasteiger partial charge is 0.459 e. The highest BCUT2D eigenvalue weighted by Gasteiger charge is 2.46. The summed E-state index contributed by atoms with van der Waals surface area (Å²) in [6, 6.07) is 14.4. The average molecular weight is 909 g/mol. The summed E-state index contributed by atoms with van der Waals surface area (Å²) < 4.78 is 15.9. The van der Waals surface area contributed by atoms with Gasteiger partial charge in [0.1, 0.15) is 25.9 Å². The van der Waals surface area contributed by atoms with Crippen molar-refractivity contribution in [3.63, 3.8) is 0 Å². The number of nitro benzene ring substituents is 3. The number of hydrogen-bond acceptors (Lipinski definition) is 17. The van der Waals surface area contributed by atoms with Crippen LogP contribution in [0.25, 0.3) is 0 Å². The van der Waals surface area contributed by atoms with Gasteiger partial charge in [0.2, 0.25) is 5.91 Å². The fraction of sp³-hybridized carbons (Fsp3) is 0.385. The molecule has 64 heavy (non-hydrogen) atoms. The lowest BCUT2D eigenvalue weighted by molar-refractivity contribution is -0.385. The smallest absolute Gasteiger partial charge is 0.414 e. The summed E-state index contributed by atoms with van der Waals surface area (Å²) in [5.41, 5.74) is 10.9. The highest BCUT2D eigenvalue weighted by atomic mass is 32.1. The first-order chi connectivity index (χ1) is 30.4. The molecule has 4 amide bonds. The van der Waals surface area contributed by atoms with E-state index in [-0.39, 0.29) is 100.0 Å². The number of guanidine groups is 1. The van der Waals surface area contributed by atoms with E-state index in [0.29, 0.717) is 16.7 Å². The molecule has 3 aromatic rings. The first-order valence-corrected chi connectivity index (χ1v) is 20.1. The van der Waals surface area contributed by atoms with Gasteiger partial charge >= 0.3 is 18.2 Å². The third-order valence-electron chi connectivity index (χ3n) is 10.2. The number of nitrogens with two attached hydrogens (primary N) is 2. The normalized spacial score (nSPS) is 18.0. The molecule has 0 aromatic heterocycles. The highest BCUT2D eigenvalue weighted by Crippen LogP contribution is 2.27. The van der Waals surface area contributed by atoms with Crippen LogP contribution in [0.4, 0.5) is 26.7 Å². The molecular formula is C39H44N10O14S. The van der Waals surface area contributed by atoms with Gasteiger partial charge in [-0.05, 0) is 78.8 Å². The minimum atomic E-state index is -2.31. The van der Waals surface area contributed by atoms with Gasteiger partial charge < -0.3 is 35.9 Å². The number of hydrogen-bond donors (Lipinski definition) is 5. The van der Waals surface area contributed by atoms with Crippen molar-refractivity contribution in [1.29, 1.82) is 0 Å². The Morgan fingerprint density at radius 2 is 1.28 bits per heavy atom. The van der Waals surface area contributed by atoms with Crippen LogP contribution in [-0.2, 0) is 48.4 Å². The first-order valence-electron chi connectivity index (χ1n) is 19.5. The molecule has 0 radical (unpaired) electrons. The minimum absolute atomic E-state index is 0.00467. The summed E-state index contributed by atoms with van der Waals surface area (Å²) in [7, 11) is 0. The predicted octanol–water partition coefficient (Wildman–Crippen LogP) is 2.60. The molecule has 3 aromatic carbocycles. The van der Waals surface area contributed by atoms with Gasteiger partial charge in [-0.1, -0.05) is 0 Å². The third-order valence-corrected chi connectivity index (χ3v) is 10.6. The monoisotopic (exact) mass is 908 g/mol. The Hall–Kier alpha value is -7.41. The van der Waals surface area contributed by atoms with Gasteiger partial charge in [-0.25, -0.2) is 14.4 Å². The molecule has 0 aliphatic carbocycles. The summed E-state index contributed by atoms with van der Waals surface area (Å²) in [6.45, 7) is -0.639. The van der Waals surface area contributed by atoms with Crippen LogP contribution in [0.1, 0.15) is 42.4 Å². The van der Waals surface area contributed by atoms with Gasteiger partial charge in [0.05, 0.1) is 14.8 Å². The number of esters is 1. The van der Waals surface area contributed by atoms with Gasteiger partial charge in [0.15, 0.2) is 11.5 Å². The Labute approximate surface area is 369 Å². The average Bonchev–Trinajstić information content (AvgIpc) is 3.92. The van der Waals surface area contributed by atoms with Crippen molar-refractivity contribution in [3.05, 3.63) is 120 Å². The number of amides is 4. The van der Waals surface area contributed by atoms with Crippen LogP contribution in [0, 0.1) is 30.3 Å². The number of aliphatic imine (C=N–C) groups is 1. The molecule has 340 valence electrons. The molecular weight excluding hydrogens is 865 g/mol. The number of non-ortho nitro benzene ring substituents is 3. The molecule has 2 aliphatic heterocycles. The number of carbonyl (C=O) groups is 5. The van der Waals surface area contributed by atoms with E-state index >= 15 is 0 Å². The Morgan fingerprint density at radius 1 is 0.781 bits per heavy atom. The zero-order valence-electron chi connectivity index (χ0n) is 33.9. The number of nitrogens with one attached hydrogen (secondary N) is 2. The van der Waals surface area contributed by atoms with Crippen LogP contribution in [-0.4, -0.2) is 110 Å². The summed E-state index contributed by atoms with van der Waals surface area (Å²) in [4.78, 5) is 104. The van der Waals surface area contributed by atoms with Crippen LogP contribution in [0.5, 0.6) is 0 Å². The Balaban J connectivity index is 1.17. The third kappa shape index (κ3) is 12.8. The molecule has 5 rings (SSSR count). The molecule has 24 nitrogen and oxygen atoms in total. The Bertz CT molecular complexity index is 2270. The molecule has 0 spiro atoms. The van der Waals surface area contributed by atoms with Crippen LogP contribution in [0.3, 0.4) is 0 Å². The summed E-state index contributed by atoms with van der Waals surface area (Å²) in [5, 5.41) is 37.5. The second kappa shape index (κ2) is 21.6. The second-order valence-corrected chi connectivity index (χ2v) is 15.5. The molecule has 2 aliphatic rings. The SMILES string of the molecule is NC(=NCCC[C@](N)(C(=O)N[C@H]1CCN(C(=O)[C@@H]2C[C@H](S)CN2C(=O)OCc2ccc([N+](=O)[O-])cc2)C1)C(=O)OCc1ccc([N+](=O)[O-])cc1)NC(=O)OCc1ccc([N+](=O)[O-])cc1. The van der Waals surface area contributed by atoms with Gasteiger partial charge in [0, 0.05) is 73.9 Å². The standard InChI is InChI=1S/C39H44N10O14S/c40-36(44-37(53)62-22-25-4-10-29(11-5-25)48(57)58)42-16-1-15-39(41,35(52)61-21-24-2-8-28(9-3-24)47(55)56)34(51)43-27-14-17-45(19-27)33(50)32-18-31(64)20-46(32)38(54)63-23-26-6-12-30(13-7-26)49(59)60/h2-13,27,31-32,64H,1,14-23,41H2,(H,43,51)(H3,40,42,44,53)/t27-,31-,32-,39-/m0/s1. The van der Waals surface area contributed by atoms with E-state index in [4.69, 9.17) is 25.7 Å². The fourth-order valence-corrected chi connectivity index (χ4v) is 7.07. The number of nitrogens with zero attached hydrogens (tertiary/aromatic N) is 6. The molecule has 6 N–H and O–H groups in total. The van der Waals surface area contributed by atoms with Gasteiger partial charge in [-0.3, -0.25) is 55.1 Å². The Kier molecular flexibility index (Phi) is 16.1. The fourth-order valence-electron chi connectivity index (χ4n) is 6.69. The molecule has 2 saturated heterocycles. The van der Waals surface area contributed by atoms with Crippen LogP contribution in [0.15, 0.2) is 77.8 Å². The summed E-state index contributed by atoms with van der Waals surface area (Å²) in [5.74, 6) is -2.84. The predicted molar refractivity (Wildman–Crippen MR) is 226 cm³/mol. The molecule has 4 atom stereocenters.